The van der Waals surface area contributed by atoms with Crippen molar-refractivity contribution in [3.8, 4) is 0 Å². The smallest absolute Gasteiger partial charge is 0.187 e. The summed E-state index contributed by atoms with van der Waals surface area (Å²) < 4.78 is 11.4. The van der Waals surface area contributed by atoms with Gasteiger partial charge < -0.3 is 0 Å². The van der Waals surface area contributed by atoms with E-state index in [4.69, 9.17) is 0 Å². The Hall–Kier alpha value is -0.870. The summed E-state index contributed by atoms with van der Waals surface area (Å²) >= 11 is 0. The van der Waals surface area contributed by atoms with Crippen LogP contribution in [0.3, 0.4) is 0 Å². The normalized spacial score (nSPS) is 18.1. The van der Waals surface area contributed by atoms with Crippen molar-refractivity contribution in [1.82, 2.24) is 0 Å². The van der Waals surface area contributed by atoms with E-state index in [9.17, 15) is 4.39 Å². The lowest BCUT2D eigenvalue weighted by atomic mass is 10.4. The van der Waals surface area contributed by atoms with Gasteiger partial charge in [0.1, 0.15) is 0 Å². The van der Waals surface area contributed by atoms with Crippen molar-refractivity contribution >= 4 is 0 Å². The summed E-state index contributed by atoms with van der Waals surface area (Å²) in [6.45, 7) is -0.414. The summed E-state index contributed by atoms with van der Waals surface area (Å²) in [5, 5.41) is 13.4. The first-order chi connectivity index (χ1) is 3.93. The van der Waals surface area contributed by atoms with E-state index >= 15 is 0 Å². The van der Waals surface area contributed by atoms with Gasteiger partial charge in [0, 0.05) is 6.42 Å². The summed E-state index contributed by atoms with van der Waals surface area (Å²) in [5.41, 5.74) is 0. The third-order valence-corrected chi connectivity index (χ3v) is 0.777. The van der Waals surface area contributed by atoms with Gasteiger partial charge in [-0.05, 0) is 10.4 Å². The Kier molecular flexibility index (Phi) is 1.61. The van der Waals surface area contributed by atoms with Gasteiger partial charge in [-0.15, -0.1) is 10.2 Å². The van der Waals surface area contributed by atoms with Crippen LogP contribution in [0.4, 0.5) is 4.39 Å². The maximum absolute atomic E-state index is 11.4. The third-order valence-electron chi connectivity index (χ3n) is 0.777. The van der Waals surface area contributed by atoms with Gasteiger partial charge in [-0.1, -0.05) is 0 Å². The lowest BCUT2D eigenvalue weighted by molar-refractivity contribution is 0.441. The summed E-state index contributed by atoms with van der Waals surface area (Å²) in [7, 11) is 0. The Bertz CT molecular complexity index is 108. The predicted molar refractivity (Wildman–Crippen MR) is 24.1 cm³/mol. The average Bonchev–Trinajstić information content (AvgIpc) is 2.19. The Morgan fingerprint density at radius 2 is 1.88 bits per heavy atom. The molecule has 0 aromatic heterocycles. The lowest BCUT2D eigenvalue weighted by Crippen LogP contribution is -1.96. The topological polar surface area (TPSA) is 49.4 Å². The fourth-order valence-electron chi connectivity index (χ4n) is 0.402. The van der Waals surface area contributed by atoms with Crippen LogP contribution < -0.4 is 0 Å². The van der Waals surface area contributed by atoms with E-state index in [2.05, 4.69) is 20.7 Å². The molecule has 0 radical (unpaired) electrons. The molecule has 0 atom stereocenters. The first-order valence-corrected chi connectivity index (χ1v) is 2.29. The fraction of sp³-hybridized carbons (Fsp3) is 1.00. The molecule has 1 aliphatic rings. The highest BCUT2D eigenvalue weighted by atomic mass is 19.1. The summed E-state index contributed by atoms with van der Waals surface area (Å²) in [6, 6.07) is 0. The second-order valence-corrected chi connectivity index (χ2v) is 1.37. The number of hydrogen-bond acceptors (Lipinski definition) is 4. The molecule has 0 saturated carbocycles. The number of halogens is 1. The zero-order valence-corrected chi connectivity index (χ0v) is 4.16. The van der Waals surface area contributed by atoms with Crippen LogP contribution >= 0.6 is 0 Å². The maximum atomic E-state index is 11.4. The number of nitrogens with zero attached hydrogens (tertiary/aromatic N) is 4. The molecule has 0 unspecified atom stereocenters. The summed E-state index contributed by atoms with van der Waals surface area (Å²) in [4.78, 5) is 0. The molecular formula is C3H5FN4. The van der Waals surface area contributed by atoms with Gasteiger partial charge in [-0.3, -0.25) is 4.39 Å². The molecule has 0 aliphatic carbocycles. The molecule has 8 heavy (non-hydrogen) atoms. The van der Waals surface area contributed by atoms with E-state index < -0.39 is 6.67 Å². The van der Waals surface area contributed by atoms with Crippen LogP contribution in [-0.2, 0) is 0 Å². The van der Waals surface area contributed by atoms with Gasteiger partial charge in [-0.25, -0.2) is 0 Å². The van der Waals surface area contributed by atoms with Crippen molar-refractivity contribution < 1.29 is 4.39 Å². The summed E-state index contributed by atoms with van der Waals surface area (Å²) in [6.07, 6.45) is -0.0486. The molecule has 0 spiro atoms. The molecule has 1 aliphatic heterocycles. The van der Waals surface area contributed by atoms with Gasteiger partial charge in [0.15, 0.2) is 6.17 Å². The minimum absolute atomic E-state index is 0.299. The Labute approximate surface area is 45.5 Å². The standard InChI is InChI=1S/C3H5FN4/c4-2-1-3-5-7-8-6-3/h3H,1-2H2. The molecule has 44 valence electrons. The van der Waals surface area contributed by atoms with Gasteiger partial charge in [0.05, 0.1) is 6.67 Å². The first-order valence-electron chi connectivity index (χ1n) is 2.29. The second-order valence-electron chi connectivity index (χ2n) is 1.37. The molecule has 0 amide bonds. The van der Waals surface area contributed by atoms with Crippen LogP contribution in [0.15, 0.2) is 20.7 Å². The van der Waals surface area contributed by atoms with Crippen LogP contribution in [0.5, 0.6) is 0 Å². The fourth-order valence-corrected chi connectivity index (χ4v) is 0.402. The minimum Gasteiger partial charge on any atom is -0.251 e. The highest BCUT2D eigenvalue weighted by Crippen LogP contribution is 2.07. The maximum Gasteiger partial charge on any atom is 0.187 e. The van der Waals surface area contributed by atoms with Crippen LogP contribution in [0.2, 0.25) is 0 Å². The Balaban J connectivity index is 2.27. The molecule has 1 rings (SSSR count). The quantitative estimate of drug-likeness (QED) is 0.525. The predicted octanol–water partition coefficient (Wildman–Crippen LogP) is 1.51. The molecule has 0 N–H and O–H groups in total. The molecule has 5 heteroatoms. The number of alkyl halides is 1. The second kappa shape index (κ2) is 2.44. The van der Waals surface area contributed by atoms with Crippen LogP contribution in [-0.4, -0.2) is 12.8 Å². The summed E-state index contributed by atoms with van der Waals surface area (Å²) in [5.74, 6) is 0. The van der Waals surface area contributed by atoms with Crippen molar-refractivity contribution in [2.24, 2.45) is 20.7 Å². The molecule has 0 fully saturated rings. The molecule has 0 aromatic carbocycles. The lowest BCUT2D eigenvalue weighted by Gasteiger charge is -1.90. The first kappa shape index (κ1) is 5.27. The van der Waals surface area contributed by atoms with Gasteiger partial charge in [0.2, 0.25) is 0 Å². The zero-order valence-electron chi connectivity index (χ0n) is 4.16. The number of hydrogen-bond donors (Lipinski definition) is 0. The Morgan fingerprint density at radius 3 is 2.38 bits per heavy atom. The highest BCUT2D eigenvalue weighted by Gasteiger charge is 2.06. The third kappa shape index (κ3) is 1.05. The molecule has 1 heterocycles. The molecule has 4 nitrogen and oxygen atoms in total. The van der Waals surface area contributed by atoms with E-state index in [0.717, 1.165) is 0 Å². The van der Waals surface area contributed by atoms with E-state index in [1.54, 1.807) is 0 Å². The van der Waals surface area contributed by atoms with E-state index in [0.29, 0.717) is 6.42 Å². The van der Waals surface area contributed by atoms with E-state index in [-0.39, 0.29) is 6.17 Å². The van der Waals surface area contributed by atoms with Crippen LogP contribution in [0, 0.1) is 0 Å². The molecule has 0 bridgehead atoms. The van der Waals surface area contributed by atoms with Crippen LogP contribution in [0.25, 0.3) is 0 Å². The Morgan fingerprint density at radius 1 is 1.25 bits per heavy atom. The van der Waals surface area contributed by atoms with Crippen molar-refractivity contribution in [1.29, 1.82) is 0 Å². The van der Waals surface area contributed by atoms with Crippen molar-refractivity contribution in [3.05, 3.63) is 0 Å². The molecule has 0 saturated heterocycles. The van der Waals surface area contributed by atoms with E-state index in [1.807, 2.05) is 0 Å². The minimum atomic E-state index is -0.414. The SMILES string of the molecule is FCCC1N=NN=N1. The monoisotopic (exact) mass is 116 g/mol. The van der Waals surface area contributed by atoms with Gasteiger partial charge in [0.25, 0.3) is 0 Å². The van der Waals surface area contributed by atoms with Gasteiger partial charge >= 0.3 is 0 Å². The number of rotatable bonds is 2. The zero-order chi connectivity index (χ0) is 5.82. The van der Waals surface area contributed by atoms with E-state index in [1.165, 1.54) is 0 Å². The van der Waals surface area contributed by atoms with Crippen LogP contribution in [0.1, 0.15) is 6.42 Å². The van der Waals surface area contributed by atoms with Crippen molar-refractivity contribution in [3.63, 3.8) is 0 Å². The largest absolute Gasteiger partial charge is 0.251 e. The van der Waals surface area contributed by atoms with Crippen molar-refractivity contribution in [2.45, 2.75) is 12.6 Å². The van der Waals surface area contributed by atoms with Gasteiger partial charge in [-0.2, -0.15) is 0 Å². The molecule has 0 aromatic rings. The van der Waals surface area contributed by atoms with Crippen molar-refractivity contribution in [2.75, 3.05) is 6.67 Å². The molecular weight excluding hydrogens is 111 g/mol. The average molecular weight is 116 g/mol. The highest BCUT2D eigenvalue weighted by molar-refractivity contribution is 4.59.